The molecule has 1 amide bonds. The summed E-state index contributed by atoms with van der Waals surface area (Å²) in [5.41, 5.74) is 2.74. The quantitative estimate of drug-likeness (QED) is 0.629. The number of ether oxygens (including phenoxy) is 1. The smallest absolute Gasteiger partial charge is 0.243 e. The average Bonchev–Trinajstić information content (AvgIpc) is 3.55. The van der Waals surface area contributed by atoms with Crippen LogP contribution in [0.25, 0.3) is 0 Å². The normalized spacial score (nSPS) is 24.2. The average molecular weight is 445 g/mol. The third kappa shape index (κ3) is 4.27. The van der Waals surface area contributed by atoms with E-state index >= 15 is 0 Å². The van der Waals surface area contributed by atoms with Crippen molar-refractivity contribution in [1.82, 2.24) is 19.8 Å². The number of amides is 1. The van der Waals surface area contributed by atoms with Gasteiger partial charge in [-0.2, -0.15) is 0 Å². The van der Waals surface area contributed by atoms with E-state index in [2.05, 4.69) is 14.9 Å². The van der Waals surface area contributed by atoms with Gasteiger partial charge in [-0.05, 0) is 53.8 Å². The van der Waals surface area contributed by atoms with Gasteiger partial charge in [0.15, 0.2) is 0 Å². The Morgan fingerprint density at radius 1 is 0.939 bits per heavy atom. The molecule has 2 aromatic heterocycles. The fraction of sp³-hybridized carbons (Fsp3) is 0.346. The van der Waals surface area contributed by atoms with Gasteiger partial charge >= 0.3 is 0 Å². The van der Waals surface area contributed by atoms with Crippen molar-refractivity contribution in [3.63, 3.8) is 0 Å². The summed E-state index contributed by atoms with van der Waals surface area (Å²) in [5.74, 6) is 0.0419. The van der Waals surface area contributed by atoms with Crippen molar-refractivity contribution in [3.8, 4) is 0 Å². The van der Waals surface area contributed by atoms with Crippen LogP contribution in [0.2, 0.25) is 0 Å². The van der Waals surface area contributed by atoms with E-state index in [4.69, 9.17) is 4.74 Å². The highest BCUT2D eigenvalue weighted by Gasteiger charge is 2.51. The molecule has 0 radical (unpaired) electrons. The molecule has 33 heavy (non-hydrogen) atoms. The Morgan fingerprint density at radius 2 is 1.55 bits per heavy atom. The summed E-state index contributed by atoms with van der Waals surface area (Å²) in [7, 11) is 0. The minimum absolute atomic E-state index is 0.0419. The van der Waals surface area contributed by atoms with Crippen LogP contribution in [0.4, 0.5) is 0 Å². The highest BCUT2D eigenvalue weighted by atomic mass is 16.5. The van der Waals surface area contributed by atoms with Crippen molar-refractivity contribution in [2.24, 2.45) is 0 Å². The van der Waals surface area contributed by atoms with Crippen molar-refractivity contribution in [1.29, 1.82) is 0 Å². The van der Waals surface area contributed by atoms with E-state index in [1.54, 1.807) is 24.8 Å². The van der Waals surface area contributed by atoms with E-state index in [1.165, 1.54) is 0 Å². The topological polar surface area (TPSA) is 78.8 Å². The fourth-order valence-corrected chi connectivity index (χ4v) is 4.96. The minimum atomic E-state index is -0.582. The molecule has 1 unspecified atom stereocenters. The second kappa shape index (κ2) is 9.79. The molecule has 0 saturated carbocycles. The van der Waals surface area contributed by atoms with Crippen LogP contribution in [-0.2, 0) is 9.53 Å². The first kappa shape index (κ1) is 21.7. The van der Waals surface area contributed by atoms with Gasteiger partial charge in [-0.3, -0.25) is 19.7 Å². The maximum atomic E-state index is 14.0. The molecular formula is C26H28N4O3. The van der Waals surface area contributed by atoms with E-state index in [-0.39, 0.29) is 12.5 Å². The first-order valence-electron chi connectivity index (χ1n) is 11.5. The number of aliphatic hydroxyl groups excluding tert-OH is 1. The number of hydrogen-bond acceptors (Lipinski definition) is 6. The highest BCUT2D eigenvalue weighted by Crippen LogP contribution is 2.47. The first-order valence-corrected chi connectivity index (χ1v) is 11.5. The number of aliphatic hydroxyl groups is 1. The van der Waals surface area contributed by atoms with Crippen LogP contribution in [0.15, 0.2) is 79.4 Å². The number of benzene rings is 1. The Kier molecular flexibility index (Phi) is 6.44. The minimum Gasteiger partial charge on any atom is -0.394 e. The molecule has 7 nitrogen and oxygen atoms in total. The van der Waals surface area contributed by atoms with Crippen molar-refractivity contribution in [2.45, 2.75) is 37.3 Å². The lowest BCUT2D eigenvalue weighted by atomic mass is 9.97. The van der Waals surface area contributed by atoms with Crippen molar-refractivity contribution in [3.05, 3.63) is 96.1 Å². The zero-order valence-electron chi connectivity index (χ0n) is 18.4. The lowest BCUT2D eigenvalue weighted by Gasteiger charge is -2.36. The SMILES string of the molecule is O=C([C@@H]1[C@@H](c2ccncc2)O[C@H](c2ccncc2)N1C(CO)c1ccccc1)N1CCCC1. The van der Waals surface area contributed by atoms with Gasteiger partial charge < -0.3 is 14.7 Å². The van der Waals surface area contributed by atoms with Gasteiger partial charge in [0.1, 0.15) is 18.4 Å². The number of aromatic nitrogens is 2. The summed E-state index contributed by atoms with van der Waals surface area (Å²) in [6.07, 6.45) is 7.91. The Hall–Kier alpha value is -3.13. The third-order valence-electron chi connectivity index (χ3n) is 6.57. The van der Waals surface area contributed by atoms with Crippen LogP contribution in [0, 0.1) is 0 Å². The molecule has 0 bridgehead atoms. The molecule has 7 heteroatoms. The van der Waals surface area contributed by atoms with Crippen LogP contribution < -0.4 is 0 Å². The largest absolute Gasteiger partial charge is 0.394 e. The lowest BCUT2D eigenvalue weighted by Crippen LogP contribution is -2.49. The van der Waals surface area contributed by atoms with Crippen LogP contribution in [0.5, 0.6) is 0 Å². The zero-order valence-corrected chi connectivity index (χ0v) is 18.4. The van der Waals surface area contributed by atoms with Gasteiger partial charge in [0.05, 0.1) is 12.6 Å². The van der Waals surface area contributed by atoms with Gasteiger partial charge in [0.2, 0.25) is 5.91 Å². The molecule has 0 spiro atoms. The summed E-state index contributed by atoms with van der Waals surface area (Å²) < 4.78 is 6.66. The Morgan fingerprint density at radius 3 is 2.15 bits per heavy atom. The second-order valence-electron chi connectivity index (χ2n) is 8.50. The van der Waals surface area contributed by atoms with Crippen molar-refractivity contribution < 1.29 is 14.6 Å². The second-order valence-corrected chi connectivity index (χ2v) is 8.50. The van der Waals surface area contributed by atoms with Crippen LogP contribution in [-0.4, -0.2) is 56.5 Å². The van der Waals surface area contributed by atoms with Gasteiger partial charge in [-0.15, -0.1) is 0 Å². The predicted octanol–water partition coefficient (Wildman–Crippen LogP) is 3.27. The van der Waals surface area contributed by atoms with E-state index in [1.807, 2.05) is 59.5 Å². The molecule has 1 N–H and O–H groups in total. The molecule has 4 atom stereocenters. The molecule has 170 valence electrons. The molecule has 4 heterocycles. The Balaban J connectivity index is 1.64. The highest BCUT2D eigenvalue weighted by molar-refractivity contribution is 5.83. The zero-order chi connectivity index (χ0) is 22.6. The molecule has 3 aromatic rings. The number of nitrogens with zero attached hydrogens (tertiary/aromatic N) is 4. The van der Waals surface area contributed by atoms with Crippen LogP contribution in [0.3, 0.4) is 0 Å². The lowest BCUT2D eigenvalue weighted by molar-refractivity contribution is -0.137. The van der Waals surface area contributed by atoms with E-state index in [9.17, 15) is 9.90 Å². The van der Waals surface area contributed by atoms with Crippen molar-refractivity contribution in [2.75, 3.05) is 19.7 Å². The monoisotopic (exact) mass is 444 g/mol. The molecule has 1 aromatic carbocycles. The van der Waals surface area contributed by atoms with E-state index in [0.717, 1.165) is 42.6 Å². The van der Waals surface area contributed by atoms with Gasteiger partial charge in [-0.25, -0.2) is 0 Å². The number of carbonyl (C=O) groups excluding carboxylic acids is 1. The summed E-state index contributed by atoms with van der Waals surface area (Å²) in [6, 6.07) is 16.5. The number of likely N-dealkylation sites (tertiary alicyclic amines) is 1. The summed E-state index contributed by atoms with van der Waals surface area (Å²) >= 11 is 0. The fourth-order valence-electron chi connectivity index (χ4n) is 4.96. The van der Waals surface area contributed by atoms with E-state index < -0.39 is 24.4 Å². The molecular weight excluding hydrogens is 416 g/mol. The van der Waals surface area contributed by atoms with E-state index in [0.29, 0.717) is 0 Å². The Bertz CT molecular complexity index is 1040. The van der Waals surface area contributed by atoms with Gasteiger partial charge in [-0.1, -0.05) is 30.3 Å². The van der Waals surface area contributed by atoms with Crippen molar-refractivity contribution >= 4 is 5.91 Å². The van der Waals surface area contributed by atoms with Crippen LogP contribution >= 0.6 is 0 Å². The molecule has 5 rings (SSSR count). The number of hydrogen-bond donors (Lipinski definition) is 1. The molecule has 2 fully saturated rings. The van der Waals surface area contributed by atoms with Gasteiger partial charge in [0, 0.05) is 37.9 Å². The predicted molar refractivity (Wildman–Crippen MR) is 123 cm³/mol. The maximum Gasteiger partial charge on any atom is 0.243 e. The number of rotatable bonds is 6. The first-order chi connectivity index (χ1) is 16.3. The molecule has 2 saturated heterocycles. The molecule has 0 aliphatic carbocycles. The third-order valence-corrected chi connectivity index (χ3v) is 6.57. The number of carbonyl (C=O) groups is 1. The summed E-state index contributed by atoms with van der Waals surface area (Å²) in [5, 5.41) is 10.6. The molecule has 2 aliphatic heterocycles. The molecule has 2 aliphatic rings. The van der Waals surface area contributed by atoms with Gasteiger partial charge in [0.25, 0.3) is 0 Å². The summed E-state index contributed by atoms with van der Waals surface area (Å²) in [6.45, 7) is 1.37. The Labute approximate surface area is 193 Å². The summed E-state index contributed by atoms with van der Waals surface area (Å²) in [4.78, 5) is 26.2. The van der Waals surface area contributed by atoms with Crippen LogP contribution in [0.1, 0.15) is 47.9 Å². The standard InChI is InChI=1S/C26H28N4O3/c31-18-22(19-6-2-1-3-7-19)30-23(25(32)29-16-4-5-17-29)24(20-8-12-27-13-9-20)33-26(30)21-10-14-28-15-11-21/h1-3,6-15,22-24,26,31H,4-5,16-18H2/t22?,23-,24+,26+/m0/s1. The number of pyridine rings is 2. The maximum absolute atomic E-state index is 14.0.